The lowest BCUT2D eigenvalue weighted by molar-refractivity contribution is -0.119. The highest BCUT2D eigenvalue weighted by Gasteiger charge is 2.32. The maximum Gasteiger partial charge on any atom is 0.229 e. The first kappa shape index (κ1) is 18.5. The van der Waals surface area contributed by atoms with Gasteiger partial charge >= 0.3 is 0 Å². The minimum atomic E-state index is -3.54. The van der Waals surface area contributed by atoms with Crippen LogP contribution in [-0.2, 0) is 21.2 Å². The van der Waals surface area contributed by atoms with E-state index in [-0.39, 0.29) is 18.4 Å². The quantitative estimate of drug-likeness (QED) is 0.873. The molecule has 7 heteroatoms. The highest BCUT2D eigenvalue weighted by Crippen LogP contribution is 2.33. The molecule has 1 aliphatic heterocycles. The first-order valence-corrected chi connectivity index (χ1v) is 10.3. The van der Waals surface area contributed by atoms with E-state index in [9.17, 15) is 17.6 Å². The van der Waals surface area contributed by atoms with Crippen LogP contribution in [0.5, 0.6) is 0 Å². The summed E-state index contributed by atoms with van der Waals surface area (Å²) in [6.07, 6.45) is 1.77. The van der Waals surface area contributed by atoms with Gasteiger partial charge in [0.15, 0.2) is 0 Å². The number of nitrogens with one attached hydrogen (secondary N) is 1. The number of hydrogen-bond donors (Lipinski definition) is 1. The van der Waals surface area contributed by atoms with E-state index in [1.807, 2.05) is 31.2 Å². The summed E-state index contributed by atoms with van der Waals surface area (Å²) >= 11 is 0. The van der Waals surface area contributed by atoms with E-state index in [2.05, 4.69) is 4.72 Å². The Bertz CT molecular complexity index is 913. The van der Waals surface area contributed by atoms with Gasteiger partial charge in [0.2, 0.25) is 15.9 Å². The summed E-state index contributed by atoms with van der Waals surface area (Å²) in [6, 6.07) is 12.5. The van der Waals surface area contributed by atoms with Crippen molar-refractivity contribution in [1.82, 2.24) is 4.72 Å². The number of rotatable bonds is 5. The van der Waals surface area contributed by atoms with Gasteiger partial charge < -0.3 is 4.90 Å². The van der Waals surface area contributed by atoms with Crippen LogP contribution in [0.15, 0.2) is 48.5 Å². The largest absolute Gasteiger partial charge is 0.309 e. The normalized spacial score (nSPS) is 17.8. The molecule has 1 N–H and O–H groups in total. The molecule has 5 nitrogen and oxygen atoms in total. The van der Waals surface area contributed by atoms with Crippen LogP contribution < -0.4 is 9.62 Å². The molecule has 2 atom stereocenters. The minimum absolute atomic E-state index is 0.00648. The highest BCUT2D eigenvalue weighted by molar-refractivity contribution is 7.88. The van der Waals surface area contributed by atoms with Crippen LogP contribution in [0.2, 0.25) is 0 Å². The van der Waals surface area contributed by atoms with Gasteiger partial charge in [-0.25, -0.2) is 17.5 Å². The standard InChI is InChI=1S/C19H21FN2O3S/c1-13-11-15-5-3-4-6-18(15)22(13)19(23)12-17(21-26(2,24)25)14-7-9-16(20)10-8-14/h3-10,13,17,21H,11-12H2,1-2H3/t13-,17-/m0/s1. The molecule has 0 spiro atoms. The molecule has 138 valence electrons. The zero-order chi connectivity index (χ0) is 18.9. The number of anilines is 1. The lowest BCUT2D eigenvalue weighted by Gasteiger charge is -2.26. The summed E-state index contributed by atoms with van der Waals surface area (Å²) < 4.78 is 39.2. The molecule has 26 heavy (non-hydrogen) atoms. The van der Waals surface area contributed by atoms with Gasteiger partial charge in [0.1, 0.15) is 5.82 Å². The second-order valence-corrected chi connectivity index (χ2v) is 8.42. The molecular formula is C19H21FN2O3S. The van der Waals surface area contributed by atoms with E-state index >= 15 is 0 Å². The third-order valence-electron chi connectivity index (χ3n) is 4.48. The number of benzene rings is 2. The Morgan fingerprint density at radius 1 is 1.23 bits per heavy atom. The van der Waals surface area contributed by atoms with Gasteiger partial charge in [-0.05, 0) is 42.7 Å². The second kappa shape index (κ2) is 7.17. The van der Waals surface area contributed by atoms with Crippen molar-refractivity contribution in [2.45, 2.75) is 31.8 Å². The molecule has 0 saturated heterocycles. The van der Waals surface area contributed by atoms with Crippen LogP contribution in [-0.4, -0.2) is 26.6 Å². The number of carbonyl (C=O) groups excluding carboxylic acids is 1. The van der Waals surface area contributed by atoms with E-state index in [4.69, 9.17) is 0 Å². The van der Waals surface area contributed by atoms with Crippen LogP contribution in [0, 0.1) is 5.82 Å². The molecule has 0 aliphatic carbocycles. The van der Waals surface area contributed by atoms with Crippen molar-refractivity contribution in [1.29, 1.82) is 0 Å². The lowest BCUT2D eigenvalue weighted by atomic mass is 10.0. The summed E-state index contributed by atoms with van der Waals surface area (Å²) in [5, 5.41) is 0. The third kappa shape index (κ3) is 4.11. The van der Waals surface area contributed by atoms with Gasteiger partial charge in [0, 0.05) is 18.2 Å². The maximum atomic E-state index is 13.2. The van der Waals surface area contributed by atoms with Gasteiger partial charge in [-0.15, -0.1) is 0 Å². The summed E-state index contributed by atoms with van der Waals surface area (Å²) in [4.78, 5) is 14.7. The van der Waals surface area contributed by atoms with Gasteiger partial charge in [0.05, 0.1) is 12.3 Å². The SMILES string of the molecule is C[C@H]1Cc2ccccc2N1C(=O)C[C@H](NS(C)(=O)=O)c1ccc(F)cc1. The first-order valence-electron chi connectivity index (χ1n) is 8.37. The summed E-state index contributed by atoms with van der Waals surface area (Å²) in [5.74, 6) is -0.590. The Kier molecular flexibility index (Phi) is 5.11. The van der Waals surface area contributed by atoms with E-state index in [0.29, 0.717) is 5.56 Å². The molecular weight excluding hydrogens is 355 g/mol. The number of amides is 1. The Morgan fingerprint density at radius 3 is 2.54 bits per heavy atom. The van der Waals surface area contributed by atoms with Gasteiger partial charge in [-0.3, -0.25) is 4.79 Å². The molecule has 0 unspecified atom stereocenters. The zero-order valence-electron chi connectivity index (χ0n) is 14.6. The lowest BCUT2D eigenvalue weighted by Crippen LogP contribution is -2.39. The molecule has 0 bridgehead atoms. The Hall–Kier alpha value is -2.25. The Morgan fingerprint density at radius 2 is 1.88 bits per heavy atom. The highest BCUT2D eigenvalue weighted by atomic mass is 32.2. The average molecular weight is 376 g/mol. The number of sulfonamides is 1. The Balaban J connectivity index is 1.87. The van der Waals surface area contributed by atoms with E-state index in [0.717, 1.165) is 23.9 Å². The summed E-state index contributed by atoms with van der Waals surface area (Å²) in [7, 11) is -3.54. The van der Waals surface area contributed by atoms with Crippen molar-refractivity contribution in [3.63, 3.8) is 0 Å². The van der Waals surface area contributed by atoms with Crippen LogP contribution in [0.1, 0.15) is 30.5 Å². The van der Waals surface area contributed by atoms with Crippen molar-refractivity contribution in [2.75, 3.05) is 11.2 Å². The number of para-hydroxylation sites is 1. The molecule has 2 aromatic rings. The average Bonchev–Trinajstić information content (AvgIpc) is 2.89. The molecule has 0 saturated carbocycles. The predicted octanol–water partition coefficient (Wildman–Crippen LogP) is 2.78. The molecule has 1 aliphatic rings. The first-order chi connectivity index (χ1) is 12.2. The van der Waals surface area contributed by atoms with Gasteiger partial charge in [0.25, 0.3) is 0 Å². The molecule has 3 rings (SSSR count). The fraction of sp³-hybridized carbons (Fsp3) is 0.316. The minimum Gasteiger partial charge on any atom is -0.309 e. The summed E-state index contributed by atoms with van der Waals surface area (Å²) in [6.45, 7) is 1.97. The summed E-state index contributed by atoms with van der Waals surface area (Å²) in [5.41, 5.74) is 2.51. The van der Waals surface area contributed by atoms with Crippen molar-refractivity contribution >= 4 is 21.6 Å². The second-order valence-electron chi connectivity index (χ2n) is 6.64. The van der Waals surface area contributed by atoms with E-state index in [1.54, 1.807) is 4.90 Å². The van der Waals surface area contributed by atoms with E-state index < -0.39 is 21.9 Å². The maximum absolute atomic E-state index is 13.2. The predicted molar refractivity (Wildman–Crippen MR) is 98.8 cm³/mol. The number of nitrogens with zero attached hydrogens (tertiary/aromatic N) is 1. The van der Waals surface area contributed by atoms with E-state index in [1.165, 1.54) is 24.3 Å². The van der Waals surface area contributed by atoms with Gasteiger partial charge in [-0.1, -0.05) is 30.3 Å². The van der Waals surface area contributed by atoms with Crippen LogP contribution in [0.3, 0.4) is 0 Å². The zero-order valence-corrected chi connectivity index (χ0v) is 15.5. The number of halogens is 1. The third-order valence-corrected chi connectivity index (χ3v) is 5.20. The van der Waals surface area contributed by atoms with Crippen LogP contribution in [0.4, 0.5) is 10.1 Å². The number of fused-ring (bicyclic) bond motifs is 1. The molecule has 1 amide bonds. The number of carbonyl (C=O) groups is 1. The number of hydrogen-bond acceptors (Lipinski definition) is 3. The molecule has 0 radical (unpaired) electrons. The van der Waals surface area contributed by atoms with Crippen LogP contribution >= 0.6 is 0 Å². The van der Waals surface area contributed by atoms with Crippen molar-refractivity contribution in [3.05, 3.63) is 65.5 Å². The molecule has 0 fully saturated rings. The molecule has 0 aromatic heterocycles. The molecule has 1 heterocycles. The van der Waals surface area contributed by atoms with Crippen molar-refractivity contribution in [2.24, 2.45) is 0 Å². The molecule has 2 aromatic carbocycles. The van der Waals surface area contributed by atoms with Crippen LogP contribution in [0.25, 0.3) is 0 Å². The van der Waals surface area contributed by atoms with Crippen molar-refractivity contribution in [3.8, 4) is 0 Å². The fourth-order valence-corrected chi connectivity index (χ4v) is 4.14. The monoisotopic (exact) mass is 376 g/mol. The van der Waals surface area contributed by atoms with Gasteiger partial charge in [-0.2, -0.15) is 0 Å². The topological polar surface area (TPSA) is 66.5 Å². The fourth-order valence-electron chi connectivity index (χ4n) is 3.40. The Labute approximate surface area is 152 Å². The smallest absolute Gasteiger partial charge is 0.229 e. The van der Waals surface area contributed by atoms with Crippen molar-refractivity contribution < 1.29 is 17.6 Å².